The van der Waals surface area contributed by atoms with Gasteiger partial charge in [0.1, 0.15) is 0 Å². The SMILES string of the molecule is COc1cccc(C=NN=C(N)SCc2ccccc2)c1OCCCn1ccnc1. The maximum absolute atomic E-state index is 5.99. The molecule has 0 aliphatic rings. The summed E-state index contributed by atoms with van der Waals surface area (Å²) in [6.07, 6.45) is 7.95. The molecule has 7 nitrogen and oxygen atoms in total. The van der Waals surface area contributed by atoms with E-state index in [-0.39, 0.29) is 0 Å². The molecular formula is C22H25N5O2S. The first-order valence-corrected chi connectivity index (χ1v) is 10.5. The number of amidine groups is 1. The third-order valence-corrected chi connectivity index (χ3v) is 5.03. The summed E-state index contributed by atoms with van der Waals surface area (Å²) in [7, 11) is 1.62. The third kappa shape index (κ3) is 6.66. The van der Waals surface area contributed by atoms with Crippen molar-refractivity contribution in [3.8, 4) is 11.5 Å². The van der Waals surface area contributed by atoms with E-state index in [1.807, 2.05) is 47.2 Å². The van der Waals surface area contributed by atoms with Gasteiger partial charge >= 0.3 is 0 Å². The fraction of sp³-hybridized carbons (Fsp3) is 0.227. The van der Waals surface area contributed by atoms with Crippen LogP contribution in [0.25, 0.3) is 0 Å². The lowest BCUT2D eigenvalue weighted by molar-refractivity contribution is 0.282. The Morgan fingerprint density at radius 1 is 1.20 bits per heavy atom. The number of para-hydroxylation sites is 1. The largest absolute Gasteiger partial charge is 0.493 e. The maximum Gasteiger partial charge on any atom is 0.180 e. The normalized spacial score (nSPS) is 11.7. The zero-order valence-electron chi connectivity index (χ0n) is 16.8. The Labute approximate surface area is 180 Å². The van der Waals surface area contributed by atoms with Crippen LogP contribution in [-0.2, 0) is 12.3 Å². The molecule has 0 unspecified atom stereocenters. The van der Waals surface area contributed by atoms with Crippen molar-refractivity contribution in [2.75, 3.05) is 13.7 Å². The summed E-state index contributed by atoms with van der Waals surface area (Å²) in [5.74, 6) is 2.04. The fourth-order valence-corrected chi connectivity index (χ4v) is 3.31. The number of rotatable bonds is 10. The van der Waals surface area contributed by atoms with Crippen LogP contribution in [0.3, 0.4) is 0 Å². The average Bonchev–Trinajstić information content (AvgIpc) is 3.30. The number of nitrogens with two attached hydrogens (primary N) is 1. The molecule has 1 heterocycles. The number of ether oxygens (including phenoxy) is 2. The Bertz CT molecular complexity index is 959. The number of hydrogen-bond acceptors (Lipinski definition) is 6. The van der Waals surface area contributed by atoms with E-state index in [9.17, 15) is 0 Å². The van der Waals surface area contributed by atoms with Gasteiger partial charge in [-0.2, -0.15) is 5.10 Å². The second-order valence-electron chi connectivity index (χ2n) is 6.34. The lowest BCUT2D eigenvalue weighted by atomic mass is 10.2. The Morgan fingerprint density at radius 2 is 2.07 bits per heavy atom. The smallest absolute Gasteiger partial charge is 0.180 e. The first-order valence-electron chi connectivity index (χ1n) is 9.55. The molecule has 1 aromatic heterocycles. The monoisotopic (exact) mass is 423 g/mol. The van der Waals surface area contributed by atoms with E-state index < -0.39 is 0 Å². The van der Waals surface area contributed by atoms with Crippen LogP contribution in [0, 0.1) is 0 Å². The molecule has 0 fully saturated rings. The first kappa shape index (κ1) is 21.4. The van der Waals surface area contributed by atoms with Crippen molar-refractivity contribution in [3.63, 3.8) is 0 Å². The number of hydrogen-bond donors (Lipinski definition) is 1. The van der Waals surface area contributed by atoms with Gasteiger partial charge in [-0.3, -0.25) is 0 Å². The van der Waals surface area contributed by atoms with Crippen LogP contribution in [0.5, 0.6) is 11.5 Å². The van der Waals surface area contributed by atoms with Crippen LogP contribution in [0.4, 0.5) is 0 Å². The number of benzene rings is 2. The Hall–Kier alpha value is -3.26. The minimum absolute atomic E-state index is 0.404. The van der Waals surface area contributed by atoms with E-state index in [4.69, 9.17) is 15.2 Å². The number of methoxy groups -OCH3 is 1. The van der Waals surface area contributed by atoms with Gasteiger partial charge in [0, 0.05) is 30.3 Å². The minimum Gasteiger partial charge on any atom is -0.493 e. The number of imidazole rings is 1. The zero-order valence-corrected chi connectivity index (χ0v) is 17.7. The number of aromatic nitrogens is 2. The van der Waals surface area contributed by atoms with Gasteiger partial charge in [-0.05, 0) is 24.1 Å². The predicted octanol–water partition coefficient (Wildman–Crippen LogP) is 3.94. The van der Waals surface area contributed by atoms with Gasteiger partial charge in [-0.25, -0.2) is 4.98 Å². The van der Waals surface area contributed by atoms with Gasteiger partial charge in [-0.15, -0.1) is 5.10 Å². The second-order valence-corrected chi connectivity index (χ2v) is 7.33. The summed E-state index contributed by atoms with van der Waals surface area (Å²) in [4.78, 5) is 4.04. The van der Waals surface area contributed by atoms with Gasteiger partial charge in [-0.1, -0.05) is 48.2 Å². The first-order chi connectivity index (χ1) is 14.8. The van der Waals surface area contributed by atoms with Gasteiger partial charge in [0.25, 0.3) is 0 Å². The molecule has 3 aromatic rings. The third-order valence-electron chi connectivity index (χ3n) is 4.18. The van der Waals surface area contributed by atoms with Gasteiger partial charge < -0.3 is 19.8 Å². The highest BCUT2D eigenvalue weighted by molar-refractivity contribution is 8.13. The molecule has 0 saturated carbocycles. The minimum atomic E-state index is 0.404. The molecule has 0 aliphatic heterocycles. The van der Waals surface area contributed by atoms with Crippen molar-refractivity contribution >= 4 is 23.1 Å². The average molecular weight is 424 g/mol. The lowest BCUT2D eigenvalue weighted by Gasteiger charge is -2.13. The Kier molecular flexibility index (Phi) is 8.34. The fourth-order valence-electron chi connectivity index (χ4n) is 2.70. The number of aryl methyl sites for hydroxylation is 1. The van der Waals surface area contributed by atoms with E-state index in [0.29, 0.717) is 23.3 Å². The molecule has 0 radical (unpaired) electrons. The molecule has 2 N–H and O–H groups in total. The van der Waals surface area contributed by atoms with Crippen LogP contribution in [0.15, 0.2) is 77.5 Å². The molecule has 8 heteroatoms. The summed E-state index contributed by atoms with van der Waals surface area (Å²) in [6.45, 7) is 1.37. The van der Waals surface area contributed by atoms with E-state index >= 15 is 0 Å². The quantitative estimate of drug-likeness (QED) is 0.231. The number of thioether (sulfide) groups is 1. The molecule has 0 amide bonds. The molecule has 0 spiro atoms. The zero-order chi connectivity index (χ0) is 21.0. The van der Waals surface area contributed by atoms with Crippen LogP contribution in [0.1, 0.15) is 17.5 Å². The van der Waals surface area contributed by atoms with Crippen LogP contribution in [0.2, 0.25) is 0 Å². The lowest BCUT2D eigenvalue weighted by Crippen LogP contribution is -2.06. The molecule has 3 rings (SSSR count). The van der Waals surface area contributed by atoms with Crippen molar-refractivity contribution in [2.45, 2.75) is 18.7 Å². The van der Waals surface area contributed by atoms with Gasteiger partial charge in [0.2, 0.25) is 0 Å². The molecule has 0 aliphatic carbocycles. The van der Waals surface area contributed by atoms with Crippen molar-refractivity contribution in [1.82, 2.24) is 9.55 Å². The van der Waals surface area contributed by atoms with E-state index in [0.717, 1.165) is 24.3 Å². The molecule has 30 heavy (non-hydrogen) atoms. The van der Waals surface area contributed by atoms with E-state index in [2.05, 4.69) is 27.3 Å². The summed E-state index contributed by atoms with van der Waals surface area (Å²) in [5.41, 5.74) is 7.92. The van der Waals surface area contributed by atoms with Gasteiger partial charge in [0.15, 0.2) is 16.7 Å². The molecule has 2 aromatic carbocycles. The summed E-state index contributed by atoms with van der Waals surface area (Å²) >= 11 is 1.44. The maximum atomic E-state index is 5.99. The topological polar surface area (TPSA) is 87.0 Å². The summed E-state index contributed by atoms with van der Waals surface area (Å²) < 4.78 is 13.4. The second kappa shape index (κ2) is 11.7. The highest BCUT2D eigenvalue weighted by atomic mass is 32.2. The van der Waals surface area contributed by atoms with Crippen molar-refractivity contribution in [1.29, 1.82) is 0 Å². The van der Waals surface area contributed by atoms with Crippen LogP contribution in [-0.4, -0.2) is 34.7 Å². The Morgan fingerprint density at radius 3 is 2.83 bits per heavy atom. The van der Waals surface area contributed by atoms with E-state index in [1.165, 1.54) is 17.3 Å². The van der Waals surface area contributed by atoms with Crippen molar-refractivity contribution in [2.24, 2.45) is 15.9 Å². The molecule has 156 valence electrons. The van der Waals surface area contributed by atoms with Crippen LogP contribution < -0.4 is 15.2 Å². The summed E-state index contributed by atoms with van der Waals surface area (Å²) in [5, 5.41) is 8.61. The summed E-state index contributed by atoms with van der Waals surface area (Å²) in [6, 6.07) is 15.7. The molecule has 0 atom stereocenters. The molecule has 0 saturated heterocycles. The molecule has 0 bridgehead atoms. The predicted molar refractivity (Wildman–Crippen MR) is 122 cm³/mol. The highest BCUT2D eigenvalue weighted by Crippen LogP contribution is 2.30. The molecular weight excluding hydrogens is 398 g/mol. The van der Waals surface area contributed by atoms with Crippen LogP contribution >= 0.6 is 11.8 Å². The highest BCUT2D eigenvalue weighted by Gasteiger charge is 2.09. The number of nitrogens with zero attached hydrogens (tertiary/aromatic N) is 4. The van der Waals surface area contributed by atoms with Crippen molar-refractivity contribution in [3.05, 3.63) is 78.4 Å². The van der Waals surface area contributed by atoms with Gasteiger partial charge in [0.05, 0.1) is 26.3 Å². The Balaban J connectivity index is 1.58. The van der Waals surface area contributed by atoms with Crippen molar-refractivity contribution < 1.29 is 9.47 Å². The standard InChI is InChI=1S/C22H25N5O2S/c1-28-20-10-5-9-19(21(20)29-14-6-12-27-13-11-24-17-27)15-25-26-22(23)30-16-18-7-3-2-4-8-18/h2-5,7-11,13,15,17H,6,12,14,16H2,1H3,(H2,23,26). The van der Waals surface area contributed by atoms with E-state index in [1.54, 1.807) is 25.8 Å².